The van der Waals surface area contributed by atoms with Gasteiger partial charge >= 0.3 is 11.7 Å². The first-order chi connectivity index (χ1) is 6.11. The summed E-state index contributed by atoms with van der Waals surface area (Å²) in [6.45, 7) is 0. The molecule has 0 unspecified atom stereocenters. The Labute approximate surface area is 71.8 Å². The highest BCUT2D eigenvalue weighted by Gasteiger charge is 2.12. The largest absolute Gasteiger partial charge is 0.478 e. The standard InChI is InChI=1S/C6H5N3O4/c10-6(11)2-1-4-5(9(12)13)3-7-8-4/h1-3H,(H,7,8)(H,10,11)/b2-1+. The van der Waals surface area contributed by atoms with Crippen molar-refractivity contribution in [2.24, 2.45) is 0 Å². The molecule has 0 saturated heterocycles. The summed E-state index contributed by atoms with van der Waals surface area (Å²) in [5.41, 5.74) is -0.190. The van der Waals surface area contributed by atoms with Crippen molar-refractivity contribution in [3.8, 4) is 0 Å². The summed E-state index contributed by atoms with van der Waals surface area (Å²) in [7, 11) is 0. The number of nitrogens with one attached hydrogen (secondary N) is 1. The van der Waals surface area contributed by atoms with Crippen LogP contribution in [0.25, 0.3) is 6.08 Å². The van der Waals surface area contributed by atoms with Gasteiger partial charge in [0.2, 0.25) is 0 Å². The van der Waals surface area contributed by atoms with Gasteiger partial charge in [-0.05, 0) is 6.08 Å². The monoisotopic (exact) mass is 183 g/mol. The lowest BCUT2D eigenvalue weighted by Crippen LogP contribution is -1.90. The molecule has 2 N–H and O–H groups in total. The average molecular weight is 183 g/mol. The van der Waals surface area contributed by atoms with E-state index in [1.807, 2.05) is 0 Å². The van der Waals surface area contributed by atoms with Crippen LogP contribution in [0.1, 0.15) is 5.69 Å². The molecule has 0 spiro atoms. The zero-order valence-corrected chi connectivity index (χ0v) is 6.30. The van der Waals surface area contributed by atoms with Gasteiger partial charge in [-0.1, -0.05) is 0 Å². The molecule has 68 valence electrons. The summed E-state index contributed by atoms with van der Waals surface area (Å²) in [6.07, 6.45) is 2.88. The molecule has 0 fully saturated rings. The van der Waals surface area contributed by atoms with Crippen LogP contribution in [0.3, 0.4) is 0 Å². The number of carboxylic acids is 1. The highest BCUT2D eigenvalue weighted by Crippen LogP contribution is 2.15. The van der Waals surface area contributed by atoms with Crippen molar-refractivity contribution in [3.05, 3.63) is 28.1 Å². The van der Waals surface area contributed by atoms with Crippen LogP contribution in [-0.2, 0) is 4.79 Å². The predicted octanol–water partition coefficient (Wildman–Crippen LogP) is 0.416. The van der Waals surface area contributed by atoms with Crippen LogP contribution in [0.2, 0.25) is 0 Å². The Morgan fingerprint density at radius 2 is 2.46 bits per heavy atom. The zero-order chi connectivity index (χ0) is 9.84. The van der Waals surface area contributed by atoms with Crippen LogP contribution < -0.4 is 0 Å². The Bertz CT molecular complexity index is 368. The maximum absolute atomic E-state index is 10.3. The Morgan fingerprint density at radius 3 is 3.00 bits per heavy atom. The smallest absolute Gasteiger partial charge is 0.328 e. The normalized spacial score (nSPS) is 10.5. The number of aromatic amines is 1. The summed E-state index contributed by atoms with van der Waals surface area (Å²) in [5, 5.41) is 24.3. The molecular weight excluding hydrogens is 178 g/mol. The number of nitrogens with zero attached hydrogens (tertiary/aromatic N) is 2. The van der Waals surface area contributed by atoms with E-state index in [2.05, 4.69) is 10.2 Å². The van der Waals surface area contributed by atoms with Crippen molar-refractivity contribution in [1.82, 2.24) is 10.2 Å². The molecule has 0 saturated carbocycles. The highest BCUT2D eigenvalue weighted by molar-refractivity contribution is 5.85. The molecule has 1 aromatic heterocycles. The molecule has 0 amide bonds. The van der Waals surface area contributed by atoms with Gasteiger partial charge in [0.05, 0.1) is 4.92 Å². The quantitative estimate of drug-likeness (QED) is 0.400. The zero-order valence-electron chi connectivity index (χ0n) is 6.30. The first kappa shape index (κ1) is 8.91. The molecule has 0 aliphatic rings. The summed E-state index contributed by atoms with van der Waals surface area (Å²) >= 11 is 0. The minimum absolute atomic E-state index is 0.0624. The van der Waals surface area contributed by atoms with E-state index in [1.54, 1.807) is 0 Å². The third-order valence-electron chi connectivity index (χ3n) is 1.24. The van der Waals surface area contributed by atoms with E-state index in [-0.39, 0.29) is 11.4 Å². The second-order valence-electron chi connectivity index (χ2n) is 2.10. The number of nitro groups is 1. The third kappa shape index (κ3) is 2.12. The number of aliphatic carboxylic acids is 1. The second-order valence-corrected chi connectivity index (χ2v) is 2.10. The van der Waals surface area contributed by atoms with Gasteiger partial charge in [0.15, 0.2) is 0 Å². The number of rotatable bonds is 3. The molecule has 0 aliphatic carbocycles. The van der Waals surface area contributed by atoms with E-state index in [1.165, 1.54) is 0 Å². The van der Waals surface area contributed by atoms with E-state index in [0.29, 0.717) is 0 Å². The van der Waals surface area contributed by atoms with Gasteiger partial charge in [0.25, 0.3) is 0 Å². The fraction of sp³-hybridized carbons (Fsp3) is 0. The van der Waals surface area contributed by atoms with Crippen LogP contribution in [-0.4, -0.2) is 26.2 Å². The molecule has 1 rings (SSSR count). The molecule has 13 heavy (non-hydrogen) atoms. The summed E-state index contributed by atoms with van der Waals surface area (Å²) in [6, 6.07) is 0. The summed E-state index contributed by atoms with van der Waals surface area (Å²) < 4.78 is 0. The van der Waals surface area contributed by atoms with Gasteiger partial charge in [0.1, 0.15) is 11.9 Å². The van der Waals surface area contributed by atoms with Crippen LogP contribution in [0, 0.1) is 10.1 Å². The van der Waals surface area contributed by atoms with E-state index >= 15 is 0 Å². The second kappa shape index (κ2) is 3.48. The Kier molecular flexibility index (Phi) is 2.38. The minimum Gasteiger partial charge on any atom is -0.478 e. The Morgan fingerprint density at radius 1 is 1.77 bits per heavy atom. The van der Waals surface area contributed by atoms with E-state index < -0.39 is 10.9 Å². The summed E-state index contributed by atoms with van der Waals surface area (Å²) in [5.74, 6) is -1.18. The molecule has 7 nitrogen and oxygen atoms in total. The van der Waals surface area contributed by atoms with Crippen molar-refractivity contribution in [1.29, 1.82) is 0 Å². The number of H-pyrrole nitrogens is 1. The predicted molar refractivity (Wildman–Crippen MR) is 41.9 cm³/mol. The average Bonchev–Trinajstić information content (AvgIpc) is 2.47. The summed E-state index contributed by atoms with van der Waals surface area (Å²) in [4.78, 5) is 19.7. The highest BCUT2D eigenvalue weighted by atomic mass is 16.6. The van der Waals surface area contributed by atoms with E-state index in [4.69, 9.17) is 5.11 Å². The molecular formula is C6H5N3O4. The fourth-order valence-corrected chi connectivity index (χ4v) is 0.713. The van der Waals surface area contributed by atoms with E-state index in [0.717, 1.165) is 18.3 Å². The molecule has 0 bridgehead atoms. The number of hydrogen-bond acceptors (Lipinski definition) is 4. The third-order valence-corrected chi connectivity index (χ3v) is 1.24. The fourth-order valence-electron chi connectivity index (χ4n) is 0.713. The molecule has 0 atom stereocenters. The molecule has 7 heteroatoms. The first-order valence-electron chi connectivity index (χ1n) is 3.20. The van der Waals surface area contributed by atoms with Crippen molar-refractivity contribution in [3.63, 3.8) is 0 Å². The van der Waals surface area contributed by atoms with Crippen LogP contribution >= 0.6 is 0 Å². The maximum Gasteiger partial charge on any atom is 0.328 e. The molecule has 1 aromatic rings. The maximum atomic E-state index is 10.3. The van der Waals surface area contributed by atoms with Gasteiger partial charge in [0, 0.05) is 6.08 Å². The number of carboxylic acid groups (broad SMARTS) is 1. The Hall–Kier alpha value is -2.18. The topological polar surface area (TPSA) is 109 Å². The van der Waals surface area contributed by atoms with Crippen molar-refractivity contribution < 1.29 is 14.8 Å². The molecule has 0 aromatic carbocycles. The first-order valence-corrected chi connectivity index (χ1v) is 3.20. The molecule has 0 aliphatic heterocycles. The van der Waals surface area contributed by atoms with Crippen LogP contribution in [0.4, 0.5) is 5.69 Å². The Balaban J connectivity index is 2.95. The van der Waals surface area contributed by atoms with Crippen molar-refractivity contribution in [2.45, 2.75) is 0 Å². The minimum atomic E-state index is -1.18. The van der Waals surface area contributed by atoms with Crippen LogP contribution in [0.15, 0.2) is 12.3 Å². The van der Waals surface area contributed by atoms with Gasteiger partial charge < -0.3 is 5.11 Å². The van der Waals surface area contributed by atoms with Crippen molar-refractivity contribution >= 4 is 17.7 Å². The lowest BCUT2D eigenvalue weighted by molar-refractivity contribution is -0.385. The van der Waals surface area contributed by atoms with Gasteiger partial charge in [-0.15, -0.1) is 0 Å². The van der Waals surface area contributed by atoms with Gasteiger partial charge in [-0.25, -0.2) is 4.79 Å². The van der Waals surface area contributed by atoms with E-state index in [9.17, 15) is 14.9 Å². The lowest BCUT2D eigenvalue weighted by atomic mass is 10.3. The number of aromatic nitrogens is 2. The lowest BCUT2D eigenvalue weighted by Gasteiger charge is -1.86. The molecule has 0 radical (unpaired) electrons. The molecule has 1 heterocycles. The van der Waals surface area contributed by atoms with Gasteiger partial charge in [-0.3, -0.25) is 15.2 Å². The van der Waals surface area contributed by atoms with Crippen LogP contribution in [0.5, 0.6) is 0 Å². The number of carbonyl (C=O) groups is 1. The SMILES string of the molecule is O=C(O)/C=C/c1[nH]ncc1[N+](=O)[O-]. The number of hydrogen-bond donors (Lipinski definition) is 2. The van der Waals surface area contributed by atoms with Crippen molar-refractivity contribution in [2.75, 3.05) is 0 Å². The van der Waals surface area contributed by atoms with Gasteiger partial charge in [-0.2, -0.15) is 5.10 Å².